The standard InChI is InChI=1S/C21H26N2O3/c1-25-16-21(24)23-12-9-20(26-15-18-7-10-22-11-8-18)19(14-23)13-17-5-3-2-4-6-17/h2-8,10-11,19-20H,9,12-16H2,1H3/t19-,20-/m0/s1. The van der Waals surface area contributed by atoms with Gasteiger partial charge in [0, 0.05) is 38.5 Å². The quantitative estimate of drug-likeness (QED) is 0.767. The summed E-state index contributed by atoms with van der Waals surface area (Å²) in [6.07, 6.45) is 5.45. The number of ether oxygens (including phenoxy) is 2. The van der Waals surface area contributed by atoms with Gasteiger partial charge in [-0.3, -0.25) is 9.78 Å². The summed E-state index contributed by atoms with van der Waals surface area (Å²) in [5, 5.41) is 0. The summed E-state index contributed by atoms with van der Waals surface area (Å²) in [6, 6.07) is 14.4. The number of pyridine rings is 1. The molecule has 0 bridgehead atoms. The summed E-state index contributed by atoms with van der Waals surface area (Å²) in [4.78, 5) is 18.2. The molecule has 5 nitrogen and oxygen atoms in total. The van der Waals surface area contributed by atoms with Crippen molar-refractivity contribution in [1.82, 2.24) is 9.88 Å². The lowest BCUT2D eigenvalue weighted by atomic mass is 9.88. The van der Waals surface area contributed by atoms with E-state index < -0.39 is 0 Å². The van der Waals surface area contributed by atoms with Crippen molar-refractivity contribution in [3.8, 4) is 0 Å². The van der Waals surface area contributed by atoms with E-state index in [0.29, 0.717) is 19.7 Å². The fourth-order valence-corrected chi connectivity index (χ4v) is 3.47. The van der Waals surface area contributed by atoms with Crippen LogP contribution in [0, 0.1) is 5.92 Å². The van der Waals surface area contributed by atoms with Gasteiger partial charge in [0.15, 0.2) is 0 Å². The van der Waals surface area contributed by atoms with Crippen LogP contribution in [0.3, 0.4) is 0 Å². The second-order valence-corrected chi connectivity index (χ2v) is 6.72. The second-order valence-electron chi connectivity index (χ2n) is 6.72. The fourth-order valence-electron chi connectivity index (χ4n) is 3.47. The third kappa shape index (κ3) is 5.13. The van der Waals surface area contributed by atoms with Gasteiger partial charge >= 0.3 is 0 Å². The predicted octanol–water partition coefficient (Wildman–Crippen LogP) is 2.70. The average molecular weight is 354 g/mol. The van der Waals surface area contributed by atoms with Gasteiger partial charge in [0.05, 0.1) is 12.7 Å². The first-order chi connectivity index (χ1) is 12.8. The van der Waals surface area contributed by atoms with Crippen LogP contribution < -0.4 is 0 Å². The molecule has 0 spiro atoms. The number of piperidine rings is 1. The van der Waals surface area contributed by atoms with Crippen molar-refractivity contribution in [2.75, 3.05) is 26.8 Å². The van der Waals surface area contributed by atoms with Gasteiger partial charge in [-0.25, -0.2) is 0 Å². The summed E-state index contributed by atoms with van der Waals surface area (Å²) in [5.74, 6) is 0.326. The van der Waals surface area contributed by atoms with Crippen molar-refractivity contribution in [3.05, 3.63) is 66.0 Å². The Morgan fingerprint density at radius 2 is 1.92 bits per heavy atom. The monoisotopic (exact) mass is 354 g/mol. The SMILES string of the molecule is COCC(=O)N1CC[C@H](OCc2ccncc2)[C@@H](Cc2ccccc2)C1. The van der Waals surface area contributed by atoms with E-state index >= 15 is 0 Å². The molecule has 5 heteroatoms. The molecule has 0 N–H and O–H groups in total. The summed E-state index contributed by atoms with van der Waals surface area (Å²) < 4.78 is 11.3. The lowest BCUT2D eigenvalue weighted by Gasteiger charge is -2.38. The highest BCUT2D eigenvalue weighted by atomic mass is 16.5. The van der Waals surface area contributed by atoms with E-state index in [0.717, 1.165) is 18.4 Å². The smallest absolute Gasteiger partial charge is 0.248 e. The van der Waals surface area contributed by atoms with E-state index in [4.69, 9.17) is 9.47 Å². The van der Waals surface area contributed by atoms with Gasteiger partial charge in [0.25, 0.3) is 0 Å². The maximum absolute atomic E-state index is 12.2. The molecule has 1 aromatic carbocycles. The van der Waals surface area contributed by atoms with Gasteiger partial charge < -0.3 is 14.4 Å². The van der Waals surface area contributed by atoms with Crippen LogP contribution in [-0.4, -0.2) is 48.7 Å². The van der Waals surface area contributed by atoms with Gasteiger partial charge in [-0.05, 0) is 36.1 Å². The van der Waals surface area contributed by atoms with Crippen molar-refractivity contribution in [3.63, 3.8) is 0 Å². The first-order valence-electron chi connectivity index (χ1n) is 9.07. The zero-order valence-corrected chi connectivity index (χ0v) is 15.2. The van der Waals surface area contributed by atoms with Gasteiger partial charge in [0.2, 0.25) is 5.91 Å². The van der Waals surface area contributed by atoms with Crippen LogP contribution in [0.5, 0.6) is 0 Å². The van der Waals surface area contributed by atoms with E-state index in [1.807, 2.05) is 23.1 Å². The Morgan fingerprint density at radius 3 is 2.65 bits per heavy atom. The number of likely N-dealkylation sites (tertiary alicyclic amines) is 1. The molecular formula is C21H26N2O3. The molecule has 0 saturated carbocycles. The van der Waals surface area contributed by atoms with Crippen LogP contribution in [-0.2, 0) is 27.3 Å². The first kappa shape index (κ1) is 18.5. The molecule has 3 rings (SSSR count). The van der Waals surface area contributed by atoms with Crippen molar-refractivity contribution in [1.29, 1.82) is 0 Å². The third-order valence-electron chi connectivity index (χ3n) is 4.84. The van der Waals surface area contributed by atoms with Crippen LogP contribution in [0.1, 0.15) is 17.5 Å². The molecule has 2 atom stereocenters. The van der Waals surface area contributed by atoms with E-state index in [9.17, 15) is 4.79 Å². The topological polar surface area (TPSA) is 51.7 Å². The molecule has 0 radical (unpaired) electrons. The molecule has 2 aromatic rings. The number of hydrogen-bond acceptors (Lipinski definition) is 4. The van der Waals surface area contributed by atoms with Crippen LogP contribution in [0.25, 0.3) is 0 Å². The minimum atomic E-state index is 0.0538. The third-order valence-corrected chi connectivity index (χ3v) is 4.84. The van der Waals surface area contributed by atoms with Crippen LogP contribution in [0.2, 0.25) is 0 Å². The molecule has 2 heterocycles. The zero-order chi connectivity index (χ0) is 18.2. The van der Waals surface area contributed by atoms with Gasteiger partial charge in [0.1, 0.15) is 6.61 Å². The number of methoxy groups -OCH3 is 1. The predicted molar refractivity (Wildman–Crippen MR) is 99.5 cm³/mol. The molecule has 26 heavy (non-hydrogen) atoms. The summed E-state index contributed by atoms with van der Waals surface area (Å²) in [5.41, 5.74) is 2.40. The maximum atomic E-state index is 12.2. The lowest BCUT2D eigenvalue weighted by Crippen LogP contribution is -2.48. The largest absolute Gasteiger partial charge is 0.375 e. The summed E-state index contributed by atoms with van der Waals surface area (Å²) in [7, 11) is 1.56. The Balaban J connectivity index is 1.66. The second kappa shape index (κ2) is 9.46. The van der Waals surface area contributed by atoms with Gasteiger partial charge in [-0.15, -0.1) is 0 Å². The van der Waals surface area contributed by atoms with E-state index in [2.05, 4.69) is 29.2 Å². The highest BCUT2D eigenvalue weighted by molar-refractivity contribution is 5.77. The normalized spacial score (nSPS) is 20.1. The molecular weight excluding hydrogens is 328 g/mol. The minimum absolute atomic E-state index is 0.0538. The van der Waals surface area contributed by atoms with Gasteiger partial charge in [-0.2, -0.15) is 0 Å². The van der Waals surface area contributed by atoms with Crippen molar-refractivity contribution < 1.29 is 14.3 Å². The Labute approximate surface area is 155 Å². The van der Waals surface area contributed by atoms with Crippen molar-refractivity contribution >= 4 is 5.91 Å². The average Bonchev–Trinajstić information content (AvgIpc) is 2.69. The molecule has 1 amide bonds. The number of carbonyl (C=O) groups excluding carboxylic acids is 1. The first-order valence-corrected chi connectivity index (χ1v) is 9.07. The van der Waals surface area contributed by atoms with Crippen LogP contribution in [0.15, 0.2) is 54.9 Å². The summed E-state index contributed by atoms with van der Waals surface area (Å²) in [6.45, 7) is 2.14. The number of aromatic nitrogens is 1. The fraction of sp³-hybridized carbons (Fsp3) is 0.429. The molecule has 0 aliphatic carbocycles. The van der Waals surface area contributed by atoms with Crippen molar-refractivity contribution in [2.24, 2.45) is 5.92 Å². The molecule has 1 aromatic heterocycles. The van der Waals surface area contributed by atoms with E-state index in [1.165, 1.54) is 5.56 Å². The Bertz CT molecular complexity index is 678. The number of hydrogen-bond donors (Lipinski definition) is 0. The molecule has 1 aliphatic rings. The molecule has 1 saturated heterocycles. The summed E-state index contributed by atoms with van der Waals surface area (Å²) >= 11 is 0. The number of nitrogens with zero attached hydrogens (tertiary/aromatic N) is 2. The van der Waals surface area contributed by atoms with E-state index in [-0.39, 0.29) is 24.5 Å². The Morgan fingerprint density at radius 1 is 1.15 bits per heavy atom. The highest BCUT2D eigenvalue weighted by Crippen LogP contribution is 2.25. The van der Waals surface area contributed by atoms with E-state index in [1.54, 1.807) is 19.5 Å². The molecule has 1 aliphatic heterocycles. The highest BCUT2D eigenvalue weighted by Gasteiger charge is 2.32. The number of rotatable bonds is 7. The van der Waals surface area contributed by atoms with Crippen LogP contribution in [0.4, 0.5) is 0 Å². The number of benzene rings is 1. The lowest BCUT2D eigenvalue weighted by molar-refractivity contribution is -0.140. The molecule has 1 fully saturated rings. The number of amides is 1. The van der Waals surface area contributed by atoms with Gasteiger partial charge in [-0.1, -0.05) is 30.3 Å². The Kier molecular flexibility index (Phi) is 6.75. The zero-order valence-electron chi connectivity index (χ0n) is 15.2. The maximum Gasteiger partial charge on any atom is 0.248 e. The Hall–Kier alpha value is -2.24. The molecule has 0 unspecified atom stereocenters. The number of carbonyl (C=O) groups is 1. The molecule has 138 valence electrons. The van der Waals surface area contributed by atoms with Crippen LogP contribution >= 0.6 is 0 Å². The minimum Gasteiger partial charge on any atom is -0.375 e. The van der Waals surface area contributed by atoms with Crippen molar-refractivity contribution in [2.45, 2.75) is 25.6 Å².